The van der Waals surface area contributed by atoms with Crippen molar-refractivity contribution in [2.24, 2.45) is 5.92 Å². The van der Waals surface area contributed by atoms with Crippen molar-refractivity contribution in [3.8, 4) is 0 Å². The molecule has 1 fully saturated rings. The van der Waals surface area contributed by atoms with Crippen LogP contribution in [0.4, 0.5) is 0 Å². The Hall–Kier alpha value is 0.110. The van der Waals surface area contributed by atoms with Gasteiger partial charge in [-0.05, 0) is 25.5 Å². The van der Waals surface area contributed by atoms with Gasteiger partial charge in [0.2, 0.25) is 5.91 Å². The summed E-state index contributed by atoms with van der Waals surface area (Å²) >= 11 is 7.72. The summed E-state index contributed by atoms with van der Waals surface area (Å²) in [6.07, 6.45) is 1.92. The molecule has 4 heteroatoms. The fourth-order valence-corrected chi connectivity index (χ4v) is 2.83. The van der Waals surface area contributed by atoms with Gasteiger partial charge in [0.1, 0.15) is 0 Å². The highest BCUT2D eigenvalue weighted by atomic mass is 35.5. The van der Waals surface area contributed by atoms with E-state index in [-0.39, 0.29) is 11.3 Å². The Morgan fingerprint density at radius 2 is 2.43 bits per heavy atom. The predicted octanol–water partition coefficient (Wildman–Crippen LogP) is 2.22. The highest BCUT2D eigenvalue weighted by molar-refractivity contribution is 7.99. The van der Waals surface area contributed by atoms with Gasteiger partial charge in [-0.2, -0.15) is 11.8 Å². The summed E-state index contributed by atoms with van der Waals surface area (Å²) in [6.45, 7) is 2.75. The third-order valence-corrected chi connectivity index (χ3v) is 3.90. The lowest BCUT2D eigenvalue weighted by molar-refractivity contribution is -0.133. The molecule has 0 aliphatic carbocycles. The van der Waals surface area contributed by atoms with Crippen LogP contribution < -0.4 is 0 Å². The minimum Gasteiger partial charge on any atom is -0.345 e. The van der Waals surface area contributed by atoms with Gasteiger partial charge in [0, 0.05) is 30.6 Å². The van der Waals surface area contributed by atoms with Crippen molar-refractivity contribution in [2.45, 2.75) is 25.1 Å². The van der Waals surface area contributed by atoms with Crippen LogP contribution in [0.2, 0.25) is 0 Å². The van der Waals surface area contributed by atoms with Crippen molar-refractivity contribution in [1.29, 1.82) is 0 Å². The van der Waals surface area contributed by atoms with E-state index in [2.05, 4.69) is 0 Å². The van der Waals surface area contributed by atoms with Gasteiger partial charge in [0.15, 0.2) is 0 Å². The molecule has 1 rings (SSSR count). The van der Waals surface area contributed by atoms with Crippen molar-refractivity contribution in [3.63, 3.8) is 0 Å². The maximum atomic E-state index is 11.8. The molecule has 2 atom stereocenters. The first-order chi connectivity index (χ1) is 6.61. The second-order valence-electron chi connectivity index (χ2n) is 3.89. The van der Waals surface area contributed by atoms with Crippen LogP contribution in [0.25, 0.3) is 0 Å². The summed E-state index contributed by atoms with van der Waals surface area (Å²) in [6, 6.07) is 0. The number of hydrogen-bond donors (Lipinski definition) is 0. The molecule has 1 aliphatic heterocycles. The van der Waals surface area contributed by atoms with E-state index in [1.54, 1.807) is 0 Å². The normalized spacial score (nSPS) is 23.5. The van der Waals surface area contributed by atoms with E-state index in [1.807, 2.05) is 30.6 Å². The van der Waals surface area contributed by atoms with Crippen LogP contribution in [0, 0.1) is 5.92 Å². The molecule has 2 unspecified atom stereocenters. The number of amides is 1. The van der Waals surface area contributed by atoms with E-state index in [4.69, 9.17) is 11.6 Å². The zero-order chi connectivity index (χ0) is 10.6. The number of hydrogen-bond acceptors (Lipinski definition) is 2. The van der Waals surface area contributed by atoms with Crippen LogP contribution in [0.5, 0.6) is 0 Å². The molecule has 82 valence electrons. The van der Waals surface area contributed by atoms with E-state index in [1.165, 1.54) is 0 Å². The minimum atomic E-state index is 0.156. The lowest BCUT2D eigenvalue weighted by Crippen LogP contribution is -2.34. The van der Waals surface area contributed by atoms with E-state index < -0.39 is 0 Å². The van der Waals surface area contributed by atoms with Gasteiger partial charge in [-0.15, -0.1) is 11.6 Å². The van der Waals surface area contributed by atoms with E-state index in [0.717, 1.165) is 30.9 Å². The zero-order valence-corrected chi connectivity index (χ0v) is 10.4. The number of alkyl halides is 1. The molecule has 14 heavy (non-hydrogen) atoms. The number of carbonyl (C=O) groups excluding carboxylic acids is 1. The Balaban J connectivity index is 2.28. The quantitative estimate of drug-likeness (QED) is 0.697. The molecular weight excluding hydrogens is 218 g/mol. The van der Waals surface area contributed by atoms with Gasteiger partial charge >= 0.3 is 0 Å². The summed E-state index contributed by atoms with van der Waals surface area (Å²) in [7, 11) is 1.88. The molecule has 1 aliphatic rings. The number of halogens is 1. The molecule has 1 amide bonds. The maximum absolute atomic E-state index is 11.8. The second kappa shape index (κ2) is 5.86. The molecule has 0 saturated carbocycles. The first-order valence-electron chi connectivity index (χ1n) is 5.08. The van der Waals surface area contributed by atoms with Crippen molar-refractivity contribution in [2.75, 3.05) is 25.1 Å². The molecule has 0 radical (unpaired) electrons. The van der Waals surface area contributed by atoms with Crippen LogP contribution in [0.15, 0.2) is 0 Å². The average Bonchev–Trinajstić information content (AvgIpc) is 2.65. The van der Waals surface area contributed by atoms with Gasteiger partial charge < -0.3 is 4.90 Å². The van der Waals surface area contributed by atoms with Crippen molar-refractivity contribution < 1.29 is 4.79 Å². The van der Waals surface area contributed by atoms with Crippen LogP contribution in [-0.2, 0) is 4.79 Å². The van der Waals surface area contributed by atoms with Crippen molar-refractivity contribution in [3.05, 3.63) is 0 Å². The summed E-state index contributed by atoms with van der Waals surface area (Å²) in [4.78, 5) is 13.7. The molecule has 0 aromatic rings. The van der Waals surface area contributed by atoms with Crippen molar-refractivity contribution in [1.82, 2.24) is 4.90 Å². The van der Waals surface area contributed by atoms with Crippen LogP contribution >= 0.6 is 23.4 Å². The highest BCUT2D eigenvalue weighted by Crippen LogP contribution is 2.24. The largest absolute Gasteiger partial charge is 0.345 e. The molecule has 0 aromatic heterocycles. The summed E-state index contributed by atoms with van der Waals surface area (Å²) in [5, 5.41) is 0.156. The molecule has 0 aromatic carbocycles. The van der Waals surface area contributed by atoms with E-state index in [9.17, 15) is 4.79 Å². The Kier molecular flexibility index (Phi) is 5.10. The standard InChI is InChI=1S/C10H18ClNOS/c1-8(11)3-5-12(2)10(13)9-4-6-14-7-9/h8-9H,3-7H2,1-2H3. The molecular formula is C10H18ClNOS. The van der Waals surface area contributed by atoms with Gasteiger partial charge in [-0.3, -0.25) is 4.79 Å². The first-order valence-corrected chi connectivity index (χ1v) is 6.67. The van der Waals surface area contributed by atoms with Gasteiger partial charge in [-0.1, -0.05) is 0 Å². The molecule has 0 N–H and O–H groups in total. The SMILES string of the molecule is CC(Cl)CCN(C)C(=O)C1CCSC1. The van der Waals surface area contributed by atoms with Crippen LogP contribution in [-0.4, -0.2) is 41.3 Å². The topological polar surface area (TPSA) is 20.3 Å². The van der Waals surface area contributed by atoms with Gasteiger partial charge in [0.25, 0.3) is 0 Å². The summed E-state index contributed by atoms with van der Waals surface area (Å²) < 4.78 is 0. The Morgan fingerprint density at radius 1 is 1.71 bits per heavy atom. The maximum Gasteiger partial charge on any atom is 0.226 e. The molecule has 0 spiro atoms. The molecule has 1 heterocycles. The van der Waals surface area contributed by atoms with Crippen molar-refractivity contribution >= 4 is 29.3 Å². The number of thioether (sulfide) groups is 1. The average molecular weight is 236 g/mol. The predicted molar refractivity (Wildman–Crippen MR) is 63.0 cm³/mol. The Morgan fingerprint density at radius 3 is 2.93 bits per heavy atom. The highest BCUT2D eigenvalue weighted by Gasteiger charge is 2.25. The molecule has 2 nitrogen and oxygen atoms in total. The summed E-state index contributed by atoms with van der Waals surface area (Å²) in [5.74, 6) is 2.69. The monoisotopic (exact) mass is 235 g/mol. The molecule has 1 saturated heterocycles. The Bertz CT molecular complexity index is 193. The Labute approximate surface area is 95.4 Å². The third kappa shape index (κ3) is 3.70. The first kappa shape index (κ1) is 12.2. The number of nitrogens with zero attached hydrogens (tertiary/aromatic N) is 1. The lowest BCUT2D eigenvalue weighted by Gasteiger charge is -2.21. The number of rotatable bonds is 4. The summed E-state index contributed by atoms with van der Waals surface area (Å²) in [5.41, 5.74) is 0. The van der Waals surface area contributed by atoms with Gasteiger partial charge in [-0.25, -0.2) is 0 Å². The van der Waals surface area contributed by atoms with Crippen LogP contribution in [0.3, 0.4) is 0 Å². The second-order valence-corrected chi connectivity index (χ2v) is 5.78. The minimum absolute atomic E-state index is 0.156. The van der Waals surface area contributed by atoms with Gasteiger partial charge in [0.05, 0.1) is 0 Å². The van der Waals surface area contributed by atoms with Crippen LogP contribution in [0.1, 0.15) is 19.8 Å². The smallest absolute Gasteiger partial charge is 0.226 e. The fraction of sp³-hybridized carbons (Fsp3) is 0.900. The fourth-order valence-electron chi connectivity index (χ4n) is 1.52. The molecule has 0 bridgehead atoms. The zero-order valence-electron chi connectivity index (χ0n) is 8.83. The van der Waals surface area contributed by atoms with E-state index >= 15 is 0 Å². The number of carbonyl (C=O) groups is 1. The third-order valence-electron chi connectivity index (χ3n) is 2.52. The lowest BCUT2D eigenvalue weighted by atomic mass is 10.1. The van der Waals surface area contributed by atoms with E-state index in [0.29, 0.717) is 5.91 Å².